The van der Waals surface area contributed by atoms with Crippen LogP contribution in [0.25, 0.3) is 6.08 Å². The van der Waals surface area contributed by atoms with Crippen molar-refractivity contribution in [1.29, 1.82) is 0 Å². The Kier molecular flexibility index (Phi) is 5.64. The summed E-state index contributed by atoms with van der Waals surface area (Å²) in [7, 11) is 1.71. The molecule has 0 bridgehead atoms. The third-order valence-corrected chi connectivity index (χ3v) is 7.13. The Balaban J connectivity index is 1.46. The number of anilines is 1. The van der Waals surface area contributed by atoms with E-state index in [4.69, 9.17) is 17.3 Å². The van der Waals surface area contributed by atoms with Crippen LogP contribution in [0.15, 0.2) is 94.9 Å². The predicted molar refractivity (Wildman–Crippen MR) is 137 cm³/mol. The zero-order valence-electron chi connectivity index (χ0n) is 17.5. The lowest BCUT2D eigenvalue weighted by atomic mass is 9.98. The average molecular weight is 456 g/mol. The Labute approximate surface area is 197 Å². The standard InChI is InChI=1S/C26H21N3OS2/c1-28-25(30)24(32-26(28)31)16-18-12-14-21(15-13-18)29-23(20-10-6-3-7-11-20)17-22(27-29)19-8-4-2-5-9-19/h2-16,23H,17H2,1H3. The zero-order valence-corrected chi connectivity index (χ0v) is 19.1. The lowest BCUT2D eigenvalue weighted by Gasteiger charge is -2.24. The summed E-state index contributed by atoms with van der Waals surface area (Å²) >= 11 is 6.56. The van der Waals surface area contributed by atoms with Gasteiger partial charge in [0.2, 0.25) is 0 Å². The molecule has 2 aliphatic heterocycles. The van der Waals surface area contributed by atoms with E-state index in [1.807, 2.05) is 42.5 Å². The Bertz CT molecular complexity index is 1220. The zero-order chi connectivity index (χ0) is 22.1. The van der Waals surface area contributed by atoms with Gasteiger partial charge in [0.15, 0.2) is 0 Å². The summed E-state index contributed by atoms with van der Waals surface area (Å²) in [5, 5.41) is 7.11. The van der Waals surface area contributed by atoms with Gasteiger partial charge in [-0.3, -0.25) is 14.7 Å². The number of hydrogen-bond acceptors (Lipinski definition) is 5. The van der Waals surface area contributed by atoms with Crippen molar-refractivity contribution in [3.8, 4) is 0 Å². The Hall–Kier alpha value is -3.22. The molecule has 1 saturated heterocycles. The maximum Gasteiger partial charge on any atom is 0.265 e. The van der Waals surface area contributed by atoms with Crippen LogP contribution in [0.1, 0.15) is 29.2 Å². The molecular weight excluding hydrogens is 434 g/mol. The molecule has 158 valence electrons. The highest BCUT2D eigenvalue weighted by molar-refractivity contribution is 8.26. The van der Waals surface area contributed by atoms with Gasteiger partial charge in [-0.15, -0.1) is 0 Å². The molecule has 1 unspecified atom stereocenters. The van der Waals surface area contributed by atoms with Gasteiger partial charge in [0.1, 0.15) is 4.32 Å². The number of nitrogens with zero attached hydrogens (tertiary/aromatic N) is 3. The molecular formula is C26H21N3OS2. The molecule has 0 spiro atoms. The molecule has 0 N–H and O–H groups in total. The summed E-state index contributed by atoms with van der Waals surface area (Å²) in [4.78, 5) is 14.4. The summed E-state index contributed by atoms with van der Waals surface area (Å²) in [5.41, 5.74) is 5.44. The molecule has 0 saturated carbocycles. The van der Waals surface area contributed by atoms with Crippen molar-refractivity contribution in [2.24, 2.45) is 5.10 Å². The molecule has 4 nitrogen and oxygen atoms in total. The number of carbonyl (C=O) groups is 1. The molecule has 0 radical (unpaired) electrons. The van der Waals surface area contributed by atoms with Crippen molar-refractivity contribution in [3.63, 3.8) is 0 Å². The highest BCUT2D eigenvalue weighted by atomic mass is 32.2. The minimum Gasteiger partial charge on any atom is -0.296 e. The molecule has 5 rings (SSSR count). The number of likely N-dealkylation sites (N-methyl/N-ethyl adjacent to an activating group) is 1. The van der Waals surface area contributed by atoms with Crippen LogP contribution in [0.3, 0.4) is 0 Å². The number of thioether (sulfide) groups is 1. The van der Waals surface area contributed by atoms with Gasteiger partial charge >= 0.3 is 0 Å². The second kappa shape index (κ2) is 8.73. The average Bonchev–Trinajstić information content (AvgIpc) is 3.39. The fourth-order valence-corrected chi connectivity index (χ4v) is 5.09. The number of hydrazone groups is 1. The summed E-state index contributed by atoms with van der Waals surface area (Å²) in [6.45, 7) is 0. The van der Waals surface area contributed by atoms with E-state index < -0.39 is 0 Å². The predicted octanol–water partition coefficient (Wildman–Crippen LogP) is 5.87. The largest absolute Gasteiger partial charge is 0.296 e. The molecule has 0 aromatic heterocycles. The van der Waals surface area contributed by atoms with Crippen molar-refractivity contribution < 1.29 is 4.79 Å². The van der Waals surface area contributed by atoms with Gasteiger partial charge in [-0.1, -0.05) is 96.8 Å². The Morgan fingerprint density at radius 3 is 2.25 bits per heavy atom. The van der Waals surface area contributed by atoms with Crippen LogP contribution >= 0.6 is 24.0 Å². The number of rotatable bonds is 4. The van der Waals surface area contributed by atoms with Crippen LogP contribution in [-0.2, 0) is 4.79 Å². The molecule has 3 aromatic carbocycles. The molecule has 1 atom stereocenters. The van der Waals surface area contributed by atoms with Crippen LogP contribution < -0.4 is 5.01 Å². The SMILES string of the molecule is CN1C(=O)C(=Cc2ccc(N3N=C(c4ccccc4)CC3c3ccccc3)cc2)SC1=S. The van der Waals surface area contributed by atoms with E-state index in [1.165, 1.54) is 22.2 Å². The third-order valence-electron chi connectivity index (χ3n) is 5.64. The molecule has 32 heavy (non-hydrogen) atoms. The maximum absolute atomic E-state index is 12.3. The van der Waals surface area contributed by atoms with Crippen molar-refractivity contribution in [2.75, 3.05) is 12.1 Å². The van der Waals surface area contributed by atoms with Gasteiger partial charge in [-0.2, -0.15) is 5.10 Å². The second-order valence-electron chi connectivity index (χ2n) is 7.72. The van der Waals surface area contributed by atoms with Gasteiger partial charge in [-0.25, -0.2) is 0 Å². The topological polar surface area (TPSA) is 35.9 Å². The first-order chi connectivity index (χ1) is 15.6. The van der Waals surface area contributed by atoms with Crippen LogP contribution in [0, 0.1) is 0 Å². The normalized spacial score (nSPS) is 19.7. The van der Waals surface area contributed by atoms with Crippen LogP contribution in [0.2, 0.25) is 0 Å². The molecule has 2 aliphatic rings. The number of hydrogen-bond donors (Lipinski definition) is 0. The summed E-state index contributed by atoms with van der Waals surface area (Å²) in [5.74, 6) is -0.0511. The van der Waals surface area contributed by atoms with E-state index in [2.05, 4.69) is 53.5 Å². The molecule has 1 amide bonds. The molecule has 2 heterocycles. The van der Waals surface area contributed by atoms with Crippen LogP contribution in [-0.4, -0.2) is 27.9 Å². The maximum atomic E-state index is 12.3. The molecule has 0 aliphatic carbocycles. The van der Waals surface area contributed by atoms with E-state index >= 15 is 0 Å². The van der Waals surface area contributed by atoms with E-state index in [0.717, 1.165) is 28.9 Å². The number of carbonyl (C=O) groups excluding carboxylic acids is 1. The fraction of sp³-hybridized carbons (Fsp3) is 0.115. The van der Waals surface area contributed by atoms with Crippen molar-refractivity contribution in [2.45, 2.75) is 12.5 Å². The number of thiocarbonyl (C=S) groups is 1. The molecule has 1 fully saturated rings. The van der Waals surface area contributed by atoms with Crippen molar-refractivity contribution in [3.05, 3.63) is 107 Å². The highest BCUT2D eigenvalue weighted by Crippen LogP contribution is 2.37. The van der Waals surface area contributed by atoms with Gasteiger partial charge in [0.05, 0.1) is 22.3 Å². The van der Waals surface area contributed by atoms with Crippen molar-refractivity contribution in [1.82, 2.24) is 4.90 Å². The summed E-state index contributed by atoms with van der Waals surface area (Å²) in [6.07, 6.45) is 2.73. The van der Waals surface area contributed by atoms with Gasteiger partial charge < -0.3 is 0 Å². The monoisotopic (exact) mass is 455 g/mol. The lowest BCUT2D eigenvalue weighted by molar-refractivity contribution is -0.121. The molecule has 6 heteroatoms. The third kappa shape index (κ3) is 3.99. The first-order valence-electron chi connectivity index (χ1n) is 10.4. The highest BCUT2D eigenvalue weighted by Gasteiger charge is 2.30. The minimum atomic E-state index is -0.0511. The van der Waals surface area contributed by atoms with E-state index in [1.54, 1.807) is 7.05 Å². The van der Waals surface area contributed by atoms with E-state index in [-0.39, 0.29) is 11.9 Å². The minimum absolute atomic E-state index is 0.0511. The summed E-state index contributed by atoms with van der Waals surface area (Å²) < 4.78 is 0.586. The van der Waals surface area contributed by atoms with Gasteiger partial charge in [0.25, 0.3) is 5.91 Å². The van der Waals surface area contributed by atoms with Gasteiger partial charge in [0, 0.05) is 13.5 Å². The van der Waals surface area contributed by atoms with E-state index in [0.29, 0.717) is 9.23 Å². The fourth-order valence-electron chi connectivity index (χ4n) is 3.91. The van der Waals surface area contributed by atoms with Crippen molar-refractivity contribution >= 4 is 51.7 Å². The number of amides is 1. The Morgan fingerprint density at radius 2 is 1.62 bits per heavy atom. The van der Waals surface area contributed by atoms with Gasteiger partial charge in [-0.05, 0) is 34.9 Å². The first kappa shape index (κ1) is 20.7. The summed E-state index contributed by atoms with van der Waals surface area (Å²) in [6, 6.07) is 29.1. The Morgan fingerprint density at radius 1 is 0.969 bits per heavy atom. The first-order valence-corrected chi connectivity index (χ1v) is 11.6. The quantitative estimate of drug-likeness (QED) is 0.364. The number of benzene rings is 3. The lowest BCUT2D eigenvalue weighted by Crippen LogP contribution is -2.22. The van der Waals surface area contributed by atoms with E-state index in [9.17, 15) is 4.79 Å². The molecule has 3 aromatic rings. The van der Waals surface area contributed by atoms with Crippen LogP contribution in [0.5, 0.6) is 0 Å². The smallest absolute Gasteiger partial charge is 0.265 e. The van der Waals surface area contributed by atoms with Crippen LogP contribution in [0.4, 0.5) is 5.69 Å². The second-order valence-corrected chi connectivity index (χ2v) is 9.40.